The number of benzene rings is 1. The molecule has 126 valence electrons. The predicted octanol–water partition coefficient (Wildman–Crippen LogP) is 1.83. The molecule has 0 aliphatic carbocycles. The Hall–Kier alpha value is -1.88. The molecule has 2 amide bonds. The molecule has 1 atom stereocenters. The first-order valence-corrected chi connectivity index (χ1v) is 8.03. The molecule has 1 aliphatic rings. The first-order chi connectivity index (χ1) is 10.8. The molecule has 2 rings (SSSR count). The average molecular weight is 317 g/mol. The van der Waals surface area contributed by atoms with Gasteiger partial charge in [-0.1, -0.05) is 12.1 Å². The molecule has 0 N–H and O–H groups in total. The molecular weight excluding hydrogens is 290 g/mol. The van der Waals surface area contributed by atoms with Crippen LogP contribution in [0.15, 0.2) is 24.3 Å². The van der Waals surface area contributed by atoms with E-state index < -0.39 is 5.54 Å². The zero-order valence-corrected chi connectivity index (χ0v) is 14.8. The summed E-state index contributed by atoms with van der Waals surface area (Å²) < 4.78 is 0. The van der Waals surface area contributed by atoms with Gasteiger partial charge in [0, 0.05) is 32.7 Å². The summed E-state index contributed by atoms with van der Waals surface area (Å²) in [6, 6.07) is 7.68. The third-order valence-electron chi connectivity index (χ3n) is 4.45. The van der Waals surface area contributed by atoms with Crippen LogP contribution in [0.4, 0.5) is 0 Å². The minimum Gasteiger partial charge on any atom is -0.347 e. The summed E-state index contributed by atoms with van der Waals surface area (Å²) in [6.07, 6.45) is 1.58. The van der Waals surface area contributed by atoms with Gasteiger partial charge in [-0.2, -0.15) is 0 Å². The van der Waals surface area contributed by atoms with Crippen molar-refractivity contribution in [3.63, 3.8) is 0 Å². The second-order valence-electron chi connectivity index (χ2n) is 6.97. The highest BCUT2D eigenvalue weighted by Gasteiger charge is 2.46. The van der Waals surface area contributed by atoms with Crippen LogP contribution in [-0.4, -0.2) is 66.8 Å². The molecule has 1 aromatic carbocycles. The van der Waals surface area contributed by atoms with Crippen LogP contribution in [-0.2, 0) is 11.3 Å². The van der Waals surface area contributed by atoms with Crippen molar-refractivity contribution in [3.8, 4) is 0 Å². The Morgan fingerprint density at radius 2 is 1.74 bits per heavy atom. The van der Waals surface area contributed by atoms with Crippen LogP contribution in [0.1, 0.15) is 35.7 Å². The molecule has 0 aromatic heterocycles. The van der Waals surface area contributed by atoms with Crippen molar-refractivity contribution in [2.24, 2.45) is 0 Å². The molecular formula is C18H27N3O2. The van der Waals surface area contributed by atoms with E-state index in [-0.39, 0.29) is 11.8 Å². The van der Waals surface area contributed by atoms with Crippen molar-refractivity contribution < 1.29 is 9.59 Å². The van der Waals surface area contributed by atoms with Gasteiger partial charge in [0.2, 0.25) is 5.91 Å². The van der Waals surface area contributed by atoms with Crippen molar-refractivity contribution in [2.45, 2.75) is 31.8 Å². The van der Waals surface area contributed by atoms with E-state index in [2.05, 4.69) is 4.90 Å². The van der Waals surface area contributed by atoms with Crippen LogP contribution in [0, 0.1) is 0 Å². The van der Waals surface area contributed by atoms with Crippen molar-refractivity contribution in [1.29, 1.82) is 0 Å². The Morgan fingerprint density at radius 1 is 1.13 bits per heavy atom. The molecule has 23 heavy (non-hydrogen) atoms. The first-order valence-electron chi connectivity index (χ1n) is 8.03. The quantitative estimate of drug-likeness (QED) is 0.851. The van der Waals surface area contributed by atoms with Gasteiger partial charge in [0.25, 0.3) is 5.91 Å². The predicted molar refractivity (Wildman–Crippen MR) is 91.2 cm³/mol. The summed E-state index contributed by atoms with van der Waals surface area (Å²) >= 11 is 0. The average Bonchev–Trinajstić information content (AvgIpc) is 2.89. The van der Waals surface area contributed by atoms with Gasteiger partial charge in [0.1, 0.15) is 5.54 Å². The van der Waals surface area contributed by atoms with Gasteiger partial charge in [-0.15, -0.1) is 0 Å². The number of nitrogens with zero attached hydrogens (tertiary/aromatic N) is 3. The van der Waals surface area contributed by atoms with Crippen LogP contribution >= 0.6 is 0 Å². The van der Waals surface area contributed by atoms with Crippen molar-refractivity contribution in [3.05, 3.63) is 35.4 Å². The Bertz CT molecular complexity index is 580. The number of carbonyl (C=O) groups is 2. The molecule has 0 spiro atoms. The molecule has 0 radical (unpaired) electrons. The molecule has 5 heteroatoms. The second kappa shape index (κ2) is 6.71. The number of hydrogen-bond donors (Lipinski definition) is 0. The van der Waals surface area contributed by atoms with E-state index >= 15 is 0 Å². The van der Waals surface area contributed by atoms with Crippen LogP contribution in [0.25, 0.3) is 0 Å². The smallest absolute Gasteiger partial charge is 0.254 e. The van der Waals surface area contributed by atoms with Gasteiger partial charge < -0.3 is 14.7 Å². The number of carbonyl (C=O) groups excluding carboxylic acids is 2. The highest BCUT2D eigenvalue weighted by Crippen LogP contribution is 2.32. The fraction of sp³-hybridized carbons (Fsp3) is 0.556. The largest absolute Gasteiger partial charge is 0.347 e. The third kappa shape index (κ3) is 3.55. The van der Waals surface area contributed by atoms with Crippen molar-refractivity contribution >= 4 is 11.8 Å². The van der Waals surface area contributed by atoms with Gasteiger partial charge in [-0.05, 0) is 51.6 Å². The molecule has 1 fully saturated rings. The van der Waals surface area contributed by atoms with Crippen LogP contribution in [0.2, 0.25) is 0 Å². The summed E-state index contributed by atoms with van der Waals surface area (Å²) in [7, 11) is 7.51. The minimum absolute atomic E-state index is 0.00687. The number of likely N-dealkylation sites (tertiary alicyclic amines) is 1. The minimum atomic E-state index is -0.733. The SMILES string of the molecule is CN(C)Cc1ccc(C(=O)N2CCCC2(C)C(=O)N(C)C)cc1. The van der Waals surface area contributed by atoms with Crippen LogP contribution in [0.3, 0.4) is 0 Å². The Kier molecular flexibility index (Phi) is 5.09. The van der Waals surface area contributed by atoms with Gasteiger partial charge >= 0.3 is 0 Å². The van der Waals surface area contributed by atoms with E-state index in [1.807, 2.05) is 45.3 Å². The molecule has 1 aromatic rings. The van der Waals surface area contributed by atoms with Crippen LogP contribution in [0.5, 0.6) is 0 Å². The highest BCUT2D eigenvalue weighted by atomic mass is 16.2. The molecule has 0 bridgehead atoms. The van der Waals surface area contributed by atoms with Crippen molar-refractivity contribution in [1.82, 2.24) is 14.7 Å². The highest BCUT2D eigenvalue weighted by molar-refractivity contribution is 5.99. The summed E-state index contributed by atoms with van der Waals surface area (Å²) in [6.45, 7) is 3.35. The molecule has 1 heterocycles. The molecule has 1 saturated heterocycles. The van der Waals surface area contributed by atoms with Gasteiger partial charge in [0.05, 0.1) is 0 Å². The summed E-state index contributed by atoms with van der Waals surface area (Å²) in [5.41, 5.74) is 1.08. The lowest BCUT2D eigenvalue weighted by Crippen LogP contribution is -2.55. The Balaban J connectivity index is 2.20. The van der Waals surface area contributed by atoms with E-state index in [0.29, 0.717) is 18.5 Å². The van der Waals surface area contributed by atoms with E-state index in [9.17, 15) is 9.59 Å². The van der Waals surface area contributed by atoms with E-state index in [1.54, 1.807) is 23.9 Å². The summed E-state index contributed by atoms with van der Waals surface area (Å²) in [5, 5.41) is 0. The standard InChI is InChI=1S/C18H27N3O2/c1-18(17(23)20(4)5)11-6-12-21(18)16(22)15-9-7-14(8-10-15)13-19(2)3/h7-10H,6,11-13H2,1-5H3. The lowest BCUT2D eigenvalue weighted by molar-refractivity contribution is -0.138. The number of hydrogen-bond acceptors (Lipinski definition) is 3. The maximum Gasteiger partial charge on any atom is 0.254 e. The van der Waals surface area contributed by atoms with Gasteiger partial charge in [-0.3, -0.25) is 9.59 Å². The number of amides is 2. The maximum atomic E-state index is 12.9. The van der Waals surface area contributed by atoms with Crippen molar-refractivity contribution in [2.75, 3.05) is 34.7 Å². The normalized spacial score (nSPS) is 20.9. The zero-order chi connectivity index (χ0) is 17.2. The molecule has 5 nitrogen and oxygen atoms in total. The molecule has 1 aliphatic heterocycles. The molecule has 1 unspecified atom stereocenters. The monoisotopic (exact) mass is 317 g/mol. The van der Waals surface area contributed by atoms with E-state index in [4.69, 9.17) is 0 Å². The van der Waals surface area contributed by atoms with E-state index in [1.165, 1.54) is 5.56 Å². The topological polar surface area (TPSA) is 43.9 Å². The van der Waals surface area contributed by atoms with Gasteiger partial charge in [-0.25, -0.2) is 0 Å². The zero-order valence-electron chi connectivity index (χ0n) is 14.8. The van der Waals surface area contributed by atoms with Crippen LogP contribution < -0.4 is 0 Å². The summed E-state index contributed by atoms with van der Waals surface area (Å²) in [5.74, 6) is -0.0656. The second-order valence-corrected chi connectivity index (χ2v) is 6.97. The Labute approximate surface area is 138 Å². The number of rotatable bonds is 4. The molecule has 0 saturated carbocycles. The summed E-state index contributed by atoms with van der Waals surface area (Å²) in [4.78, 5) is 30.8. The van der Waals surface area contributed by atoms with E-state index in [0.717, 1.165) is 13.0 Å². The Morgan fingerprint density at radius 3 is 2.26 bits per heavy atom. The lowest BCUT2D eigenvalue weighted by atomic mass is 9.96. The first kappa shape index (κ1) is 17.5. The lowest BCUT2D eigenvalue weighted by Gasteiger charge is -2.36. The fourth-order valence-electron chi connectivity index (χ4n) is 3.27. The third-order valence-corrected chi connectivity index (χ3v) is 4.45. The number of likely N-dealkylation sites (N-methyl/N-ethyl adjacent to an activating group) is 1. The fourth-order valence-corrected chi connectivity index (χ4v) is 3.27. The maximum absolute atomic E-state index is 12.9. The van der Waals surface area contributed by atoms with Gasteiger partial charge in [0.15, 0.2) is 0 Å².